The lowest BCUT2D eigenvalue weighted by Gasteiger charge is -2.30. The molecule has 1 aliphatic heterocycles. The number of hydrogen-bond acceptors (Lipinski definition) is 3. The Morgan fingerprint density at radius 3 is 2.64 bits per heavy atom. The third-order valence-electron chi connectivity index (χ3n) is 5.64. The number of hydrogen-bond donors (Lipinski definition) is 2. The van der Waals surface area contributed by atoms with Crippen LogP contribution in [-0.4, -0.2) is 34.8 Å². The molecule has 2 N–H and O–H groups in total. The van der Waals surface area contributed by atoms with Crippen molar-refractivity contribution >= 4 is 23.5 Å². The molecule has 4 rings (SSSR count). The van der Waals surface area contributed by atoms with Gasteiger partial charge in [-0.2, -0.15) is 0 Å². The number of fused-ring (bicyclic) bond motifs is 1. The van der Waals surface area contributed by atoms with Gasteiger partial charge in [0.05, 0.1) is 0 Å². The minimum Gasteiger partial charge on any atom is -0.325 e. The van der Waals surface area contributed by atoms with E-state index in [1.165, 1.54) is 11.1 Å². The first kappa shape index (κ1) is 16.1. The Balaban J connectivity index is 1.42. The lowest BCUT2D eigenvalue weighted by molar-refractivity contribution is -0.134. The van der Waals surface area contributed by atoms with Crippen molar-refractivity contribution in [3.63, 3.8) is 0 Å². The number of amides is 4. The molecular formula is C19H23N3O3. The summed E-state index contributed by atoms with van der Waals surface area (Å²) in [5.41, 5.74) is 2.56. The molecule has 4 amide bonds. The second-order valence-corrected chi connectivity index (χ2v) is 7.35. The molecule has 1 saturated heterocycles. The van der Waals surface area contributed by atoms with E-state index in [-0.39, 0.29) is 18.4 Å². The van der Waals surface area contributed by atoms with Crippen LogP contribution >= 0.6 is 0 Å². The van der Waals surface area contributed by atoms with Crippen LogP contribution in [0.4, 0.5) is 10.5 Å². The Bertz CT molecular complexity index is 737. The maximum Gasteiger partial charge on any atom is 0.325 e. The van der Waals surface area contributed by atoms with Gasteiger partial charge in [0.1, 0.15) is 12.1 Å². The van der Waals surface area contributed by atoms with Crippen LogP contribution in [-0.2, 0) is 22.4 Å². The third kappa shape index (κ3) is 2.90. The fraction of sp³-hybridized carbons (Fsp3) is 0.526. The summed E-state index contributed by atoms with van der Waals surface area (Å²) in [6.45, 7) is -0.233. The van der Waals surface area contributed by atoms with E-state index in [2.05, 4.69) is 10.6 Å². The number of aryl methyl sites for hydroxylation is 2. The van der Waals surface area contributed by atoms with Crippen molar-refractivity contribution in [3.05, 3.63) is 29.3 Å². The van der Waals surface area contributed by atoms with E-state index in [4.69, 9.17) is 0 Å². The minimum atomic E-state index is -0.775. The lowest BCUT2D eigenvalue weighted by atomic mass is 9.82. The van der Waals surface area contributed by atoms with Gasteiger partial charge in [-0.05, 0) is 55.4 Å². The molecule has 2 aliphatic carbocycles. The molecule has 2 fully saturated rings. The average molecular weight is 341 g/mol. The van der Waals surface area contributed by atoms with Crippen LogP contribution in [0.1, 0.15) is 49.7 Å². The van der Waals surface area contributed by atoms with Crippen molar-refractivity contribution in [3.8, 4) is 0 Å². The van der Waals surface area contributed by atoms with Crippen molar-refractivity contribution in [1.82, 2.24) is 10.2 Å². The molecule has 0 bridgehead atoms. The molecule has 1 heterocycles. The van der Waals surface area contributed by atoms with Crippen LogP contribution in [0.3, 0.4) is 0 Å². The van der Waals surface area contributed by atoms with Crippen molar-refractivity contribution in [2.24, 2.45) is 0 Å². The first-order valence-electron chi connectivity index (χ1n) is 9.13. The second-order valence-electron chi connectivity index (χ2n) is 7.35. The van der Waals surface area contributed by atoms with Crippen LogP contribution < -0.4 is 10.6 Å². The summed E-state index contributed by atoms with van der Waals surface area (Å²) in [6.07, 6.45) is 7.56. The summed E-state index contributed by atoms with van der Waals surface area (Å²) in [5, 5.41) is 5.65. The van der Waals surface area contributed by atoms with Gasteiger partial charge in [0.15, 0.2) is 0 Å². The highest BCUT2D eigenvalue weighted by Gasteiger charge is 2.51. The summed E-state index contributed by atoms with van der Waals surface area (Å²) in [4.78, 5) is 38.3. The molecule has 6 heteroatoms. The fourth-order valence-corrected chi connectivity index (χ4v) is 4.31. The second kappa shape index (κ2) is 6.17. The quantitative estimate of drug-likeness (QED) is 0.829. The Labute approximate surface area is 147 Å². The number of urea groups is 1. The zero-order valence-corrected chi connectivity index (χ0v) is 14.3. The maximum atomic E-state index is 12.7. The van der Waals surface area contributed by atoms with E-state index in [0.29, 0.717) is 12.8 Å². The van der Waals surface area contributed by atoms with Gasteiger partial charge in [0, 0.05) is 5.69 Å². The fourth-order valence-electron chi connectivity index (χ4n) is 4.31. The van der Waals surface area contributed by atoms with Crippen molar-refractivity contribution < 1.29 is 14.4 Å². The smallest absolute Gasteiger partial charge is 0.325 e. The highest BCUT2D eigenvalue weighted by molar-refractivity contribution is 6.10. The molecule has 0 radical (unpaired) electrons. The number of nitrogens with one attached hydrogen (secondary N) is 2. The van der Waals surface area contributed by atoms with Gasteiger partial charge < -0.3 is 10.6 Å². The molecule has 0 aromatic heterocycles. The zero-order valence-electron chi connectivity index (χ0n) is 14.3. The van der Waals surface area contributed by atoms with Crippen LogP contribution in [0.15, 0.2) is 18.2 Å². The Morgan fingerprint density at radius 1 is 1.08 bits per heavy atom. The average Bonchev–Trinajstić information content (AvgIpc) is 3.14. The summed E-state index contributed by atoms with van der Waals surface area (Å²) in [5.74, 6) is -0.587. The van der Waals surface area contributed by atoms with Crippen molar-refractivity contribution in [2.75, 3.05) is 11.9 Å². The molecule has 1 aromatic carbocycles. The van der Waals surface area contributed by atoms with Gasteiger partial charge in [-0.1, -0.05) is 25.3 Å². The summed E-state index contributed by atoms with van der Waals surface area (Å²) >= 11 is 0. The zero-order chi connectivity index (χ0) is 17.4. The van der Waals surface area contributed by atoms with Crippen molar-refractivity contribution in [1.29, 1.82) is 0 Å². The first-order valence-corrected chi connectivity index (χ1v) is 9.13. The minimum absolute atomic E-state index is 0.233. The third-order valence-corrected chi connectivity index (χ3v) is 5.64. The van der Waals surface area contributed by atoms with E-state index in [1.807, 2.05) is 18.2 Å². The van der Waals surface area contributed by atoms with Crippen molar-refractivity contribution in [2.45, 2.75) is 56.9 Å². The Kier molecular flexibility index (Phi) is 3.98. The van der Waals surface area contributed by atoms with Crippen LogP contribution in [0.5, 0.6) is 0 Å². The predicted molar refractivity (Wildman–Crippen MR) is 93.2 cm³/mol. The van der Waals surface area contributed by atoms with E-state index in [9.17, 15) is 14.4 Å². The van der Waals surface area contributed by atoms with Crippen LogP contribution in [0, 0.1) is 0 Å². The number of nitrogens with zero attached hydrogens (tertiary/aromatic N) is 1. The molecule has 3 aliphatic rings. The standard InChI is InChI=1S/C19H23N3O3/c23-16(20-15-8-7-13-5-4-6-14(13)11-15)12-22-17(24)19(21-18(22)25)9-2-1-3-10-19/h7-8,11H,1-6,9-10,12H2,(H,20,23)(H,21,25). The number of carbonyl (C=O) groups excluding carboxylic acids is 3. The first-order chi connectivity index (χ1) is 12.1. The summed E-state index contributed by atoms with van der Waals surface area (Å²) < 4.78 is 0. The van der Waals surface area contributed by atoms with Gasteiger partial charge >= 0.3 is 6.03 Å². The SMILES string of the molecule is O=C(CN1C(=O)NC2(CCCCC2)C1=O)Nc1ccc2c(c1)CCC2. The largest absolute Gasteiger partial charge is 0.325 e. The monoisotopic (exact) mass is 341 g/mol. The predicted octanol–water partition coefficient (Wildman–Crippen LogP) is 2.37. The molecule has 25 heavy (non-hydrogen) atoms. The number of imide groups is 1. The lowest BCUT2D eigenvalue weighted by Crippen LogP contribution is -2.48. The van der Waals surface area contributed by atoms with E-state index >= 15 is 0 Å². The number of rotatable bonds is 3. The van der Waals surface area contributed by atoms with E-state index in [0.717, 1.165) is 49.1 Å². The van der Waals surface area contributed by atoms with Gasteiger partial charge in [-0.25, -0.2) is 4.79 Å². The molecule has 1 aromatic rings. The van der Waals surface area contributed by atoms with E-state index in [1.54, 1.807) is 0 Å². The normalized spacial score (nSPS) is 21.4. The molecule has 1 spiro atoms. The van der Waals surface area contributed by atoms with Crippen LogP contribution in [0.2, 0.25) is 0 Å². The molecule has 0 unspecified atom stereocenters. The number of carbonyl (C=O) groups is 3. The van der Waals surface area contributed by atoms with Gasteiger partial charge in [0.2, 0.25) is 5.91 Å². The van der Waals surface area contributed by atoms with Gasteiger partial charge in [-0.15, -0.1) is 0 Å². The Morgan fingerprint density at radius 2 is 1.84 bits per heavy atom. The maximum absolute atomic E-state index is 12.7. The van der Waals surface area contributed by atoms with Gasteiger partial charge in [-0.3, -0.25) is 14.5 Å². The van der Waals surface area contributed by atoms with Gasteiger partial charge in [0.25, 0.3) is 5.91 Å². The molecular weight excluding hydrogens is 318 g/mol. The molecule has 132 valence electrons. The number of benzene rings is 1. The number of anilines is 1. The molecule has 6 nitrogen and oxygen atoms in total. The molecule has 1 saturated carbocycles. The van der Waals surface area contributed by atoms with E-state index < -0.39 is 11.6 Å². The summed E-state index contributed by atoms with van der Waals surface area (Å²) in [7, 11) is 0. The summed E-state index contributed by atoms with van der Waals surface area (Å²) in [6, 6.07) is 5.48. The highest BCUT2D eigenvalue weighted by atomic mass is 16.2. The molecule has 0 atom stereocenters. The van der Waals surface area contributed by atoms with Crippen LogP contribution in [0.25, 0.3) is 0 Å². The highest BCUT2D eigenvalue weighted by Crippen LogP contribution is 2.33. The Hall–Kier alpha value is -2.37. The topological polar surface area (TPSA) is 78.5 Å².